The molecule has 122 valence electrons. The van der Waals surface area contributed by atoms with Gasteiger partial charge in [0.05, 0.1) is 5.54 Å². The molecule has 0 amide bonds. The lowest BCUT2D eigenvalue weighted by atomic mass is 9.73. The average molecular weight is 312 g/mol. The maximum atomic E-state index is 10.7. The molecule has 0 aliphatic heterocycles. The Balaban J connectivity index is 2.03. The van der Waals surface area contributed by atoms with E-state index in [0.717, 1.165) is 11.1 Å². The zero-order valence-electron chi connectivity index (χ0n) is 14.0. The first-order valence-electron chi connectivity index (χ1n) is 8.20. The van der Waals surface area contributed by atoms with Crippen LogP contribution in [0.5, 0.6) is 0 Å². The molecule has 0 atom stereocenters. The SMILES string of the molecule is CC(C)NC1(c2cc3ccc(/C=C/C(=O)O)cc3n2C)CCC1. The smallest absolute Gasteiger partial charge is 0.328 e. The number of aromatic nitrogens is 1. The molecule has 1 fully saturated rings. The number of carboxylic acids is 1. The molecular formula is C19H24N2O2. The summed E-state index contributed by atoms with van der Waals surface area (Å²) in [5, 5.41) is 13.7. The Morgan fingerprint density at radius 1 is 1.35 bits per heavy atom. The fraction of sp³-hybridized carbons (Fsp3) is 0.421. The van der Waals surface area contributed by atoms with Crippen molar-refractivity contribution in [2.45, 2.75) is 44.7 Å². The van der Waals surface area contributed by atoms with Crippen LogP contribution in [0, 0.1) is 0 Å². The highest BCUT2D eigenvalue weighted by atomic mass is 16.4. The van der Waals surface area contributed by atoms with Crippen LogP contribution in [0.3, 0.4) is 0 Å². The van der Waals surface area contributed by atoms with E-state index in [1.165, 1.54) is 36.4 Å². The lowest BCUT2D eigenvalue weighted by molar-refractivity contribution is -0.131. The van der Waals surface area contributed by atoms with Gasteiger partial charge < -0.3 is 15.0 Å². The van der Waals surface area contributed by atoms with Gasteiger partial charge in [0.1, 0.15) is 0 Å². The van der Waals surface area contributed by atoms with Crippen LogP contribution < -0.4 is 5.32 Å². The van der Waals surface area contributed by atoms with E-state index in [0.29, 0.717) is 6.04 Å². The Labute approximate surface area is 136 Å². The molecule has 1 aromatic carbocycles. The minimum Gasteiger partial charge on any atom is -0.478 e. The highest BCUT2D eigenvalue weighted by molar-refractivity contribution is 5.88. The average Bonchev–Trinajstić information content (AvgIpc) is 2.78. The van der Waals surface area contributed by atoms with E-state index in [2.05, 4.69) is 49.0 Å². The summed E-state index contributed by atoms with van der Waals surface area (Å²) in [5.74, 6) is -0.924. The molecule has 1 aliphatic carbocycles. The monoisotopic (exact) mass is 312 g/mol. The molecule has 3 rings (SSSR count). The molecule has 1 aliphatic rings. The molecule has 1 aromatic heterocycles. The predicted octanol–water partition coefficient (Wildman–Crippen LogP) is 3.65. The molecule has 23 heavy (non-hydrogen) atoms. The van der Waals surface area contributed by atoms with Crippen LogP contribution in [-0.4, -0.2) is 21.7 Å². The van der Waals surface area contributed by atoms with Crippen LogP contribution >= 0.6 is 0 Å². The lowest BCUT2D eigenvalue weighted by Crippen LogP contribution is -2.51. The summed E-state index contributed by atoms with van der Waals surface area (Å²) in [5.41, 5.74) is 3.46. The fourth-order valence-electron chi connectivity index (χ4n) is 3.63. The van der Waals surface area contributed by atoms with E-state index < -0.39 is 5.97 Å². The molecule has 4 nitrogen and oxygen atoms in total. The normalized spacial score (nSPS) is 17.0. The van der Waals surface area contributed by atoms with Crippen LogP contribution in [-0.2, 0) is 17.4 Å². The van der Waals surface area contributed by atoms with Crippen LogP contribution in [0.25, 0.3) is 17.0 Å². The minimum atomic E-state index is -0.924. The third kappa shape index (κ3) is 2.91. The van der Waals surface area contributed by atoms with Gasteiger partial charge in [-0.1, -0.05) is 12.1 Å². The number of aryl methyl sites for hydroxylation is 1. The second kappa shape index (κ2) is 5.85. The van der Waals surface area contributed by atoms with Crippen molar-refractivity contribution in [1.29, 1.82) is 0 Å². The number of carbonyl (C=O) groups is 1. The van der Waals surface area contributed by atoms with E-state index >= 15 is 0 Å². The zero-order valence-corrected chi connectivity index (χ0v) is 14.0. The van der Waals surface area contributed by atoms with Crippen LogP contribution in [0.15, 0.2) is 30.3 Å². The quantitative estimate of drug-likeness (QED) is 0.829. The van der Waals surface area contributed by atoms with E-state index in [1.54, 1.807) is 6.08 Å². The number of fused-ring (bicyclic) bond motifs is 1. The Morgan fingerprint density at radius 2 is 2.09 bits per heavy atom. The van der Waals surface area contributed by atoms with Gasteiger partial charge in [-0.05, 0) is 62.3 Å². The third-order valence-corrected chi connectivity index (χ3v) is 4.75. The summed E-state index contributed by atoms with van der Waals surface area (Å²) in [6.45, 7) is 4.38. The molecule has 2 N–H and O–H groups in total. The molecule has 2 aromatic rings. The number of nitrogens with one attached hydrogen (secondary N) is 1. The van der Waals surface area contributed by atoms with Crippen molar-refractivity contribution in [3.8, 4) is 0 Å². The number of hydrogen-bond donors (Lipinski definition) is 2. The van der Waals surface area contributed by atoms with Crippen molar-refractivity contribution in [3.63, 3.8) is 0 Å². The molecule has 0 bridgehead atoms. The van der Waals surface area contributed by atoms with Crippen molar-refractivity contribution in [3.05, 3.63) is 41.6 Å². The Hall–Kier alpha value is -2.07. The van der Waals surface area contributed by atoms with Gasteiger partial charge in [0, 0.05) is 30.4 Å². The lowest BCUT2D eigenvalue weighted by Gasteiger charge is -2.44. The second-order valence-electron chi connectivity index (χ2n) is 6.81. The van der Waals surface area contributed by atoms with Gasteiger partial charge in [0.25, 0.3) is 0 Å². The molecule has 4 heteroatoms. The van der Waals surface area contributed by atoms with Crippen molar-refractivity contribution in [2.75, 3.05) is 0 Å². The Morgan fingerprint density at radius 3 is 2.65 bits per heavy atom. The van der Waals surface area contributed by atoms with Crippen LogP contribution in [0.1, 0.15) is 44.4 Å². The summed E-state index contributed by atoms with van der Waals surface area (Å²) in [6, 6.07) is 8.81. The largest absolute Gasteiger partial charge is 0.478 e. The third-order valence-electron chi connectivity index (χ3n) is 4.75. The predicted molar refractivity (Wildman–Crippen MR) is 93.4 cm³/mol. The zero-order chi connectivity index (χ0) is 16.6. The first-order chi connectivity index (χ1) is 10.9. The maximum absolute atomic E-state index is 10.7. The van der Waals surface area contributed by atoms with E-state index in [-0.39, 0.29) is 5.54 Å². The topological polar surface area (TPSA) is 54.3 Å². The summed E-state index contributed by atoms with van der Waals surface area (Å²) in [4.78, 5) is 10.7. The summed E-state index contributed by atoms with van der Waals surface area (Å²) in [6.07, 6.45) is 6.41. The van der Waals surface area contributed by atoms with Crippen molar-refractivity contribution in [2.24, 2.45) is 7.05 Å². The molecule has 0 radical (unpaired) electrons. The maximum Gasteiger partial charge on any atom is 0.328 e. The highest BCUT2D eigenvalue weighted by Crippen LogP contribution is 2.43. The number of carboxylic acid groups (broad SMARTS) is 1. The minimum absolute atomic E-state index is 0.0823. The van der Waals surface area contributed by atoms with Gasteiger partial charge in [-0.15, -0.1) is 0 Å². The molecule has 1 heterocycles. The van der Waals surface area contributed by atoms with Gasteiger partial charge >= 0.3 is 5.97 Å². The van der Waals surface area contributed by atoms with E-state index in [4.69, 9.17) is 5.11 Å². The molecule has 1 saturated carbocycles. The number of benzene rings is 1. The first kappa shape index (κ1) is 15.8. The molecule has 0 saturated heterocycles. The van der Waals surface area contributed by atoms with E-state index in [1.807, 2.05) is 6.07 Å². The van der Waals surface area contributed by atoms with Crippen molar-refractivity contribution in [1.82, 2.24) is 9.88 Å². The molecular weight excluding hydrogens is 288 g/mol. The molecule has 0 unspecified atom stereocenters. The number of rotatable bonds is 5. The summed E-state index contributed by atoms with van der Waals surface area (Å²) < 4.78 is 2.25. The standard InChI is InChI=1S/C19H24N2O2/c1-13(2)20-19(9-4-10-19)17-12-15-7-5-14(6-8-18(22)23)11-16(15)21(17)3/h5-8,11-13,20H,4,9-10H2,1-3H3,(H,22,23)/b8-6+. The van der Waals surface area contributed by atoms with Gasteiger partial charge in [-0.3, -0.25) is 0 Å². The van der Waals surface area contributed by atoms with Crippen molar-refractivity contribution >= 4 is 22.9 Å². The van der Waals surface area contributed by atoms with Crippen molar-refractivity contribution < 1.29 is 9.90 Å². The van der Waals surface area contributed by atoms with Gasteiger partial charge in [0.2, 0.25) is 0 Å². The van der Waals surface area contributed by atoms with Gasteiger partial charge in [-0.25, -0.2) is 4.79 Å². The van der Waals surface area contributed by atoms with E-state index in [9.17, 15) is 4.79 Å². The second-order valence-corrected chi connectivity index (χ2v) is 6.81. The fourth-order valence-corrected chi connectivity index (χ4v) is 3.63. The first-order valence-corrected chi connectivity index (χ1v) is 8.20. The summed E-state index contributed by atoms with van der Waals surface area (Å²) >= 11 is 0. The van der Waals surface area contributed by atoms with Gasteiger partial charge in [0.15, 0.2) is 0 Å². The van der Waals surface area contributed by atoms with Crippen LogP contribution in [0.4, 0.5) is 0 Å². The number of nitrogens with zero attached hydrogens (tertiary/aromatic N) is 1. The van der Waals surface area contributed by atoms with Gasteiger partial charge in [-0.2, -0.15) is 0 Å². The Kier molecular flexibility index (Phi) is 4.02. The number of aliphatic carboxylic acids is 1. The Bertz CT molecular complexity index is 767. The highest BCUT2D eigenvalue weighted by Gasteiger charge is 2.41. The summed E-state index contributed by atoms with van der Waals surface area (Å²) in [7, 11) is 2.10. The van der Waals surface area contributed by atoms with Crippen LogP contribution in [0.2, 0.25) is 0 Å². The number of hydrogen-bond acceptors (Lipinski definition) is 2. The molecule has 0 spiro atoms.